The van der Waals surface area contributed by atoms with E-state index in [1.165, 1.54) is 5.56 Å². The van der Waals surface area contributed by atoms with E-state index in [2.05, 4.69) is 20.7 Å². The number of rotatable bonds is 11. The Bertz CT molecular complexity index is 519. The molecule has 0 aliphatic carbocycles. The number of ether oxygens (including phenoxy) is 2. The van der Waals surface area contributed by atoms with Gasteiger partial charge in [0.1, 0.15) is 0 Å². The molecule has 0 heterocycles. The highest BCUT2D eigenvalue weighted by atomic mass is 79.9. The molecule has 7 heteroatoms. The molecule has 22 heavy (non-hydrogen) atoms. The van der Waals surface area contributed by atoms with Crippen LogP contribution in [0, 0.1) is 0 Å². The van der Waals surface area contributed by atoms with Crippen LogP contribution < -0.4 is 4.72 Å². The smallest absolute Gasteiger partial charge is 0.214 e. The lowest BCUT2D eigenvalue weighted by atomic mass is 10.1. The standard InChI is InChI=1S/C15H24BrNO4S/c1-13(3-4-14-5-7-15(16)8-6-14)17-22(18,19)12-11-21-10-9-20-2/h5-8,13,17H,3-4,9-12H2,1-2H3. The van der Waals surface area contributed by atoms with Crippen molar-refractivity contribution in [3.8, 4) is 0 Å². The summed E-state index contributed by atoms with van der Waals surface area (Å²) < 4.78 is 37.5. The van der Waals surface area contributed by atoms with Crippen LogP contribution in [-0.2, 0) is 25.9 Å². The number of nitrogens with one attached hydrogen (secondary N) is 1. The normalized spacial score (nSPS) is 13.2. The zero-order valence-corrected chi connectivity index (χ0v) is 15.5. The molecule has 126 valence electrons. The Labute approximate surface area is 141 Å². The van der Waals surface area contributed by atoms with E-state index < -0.39 is 10.0 Å². The van der Waals surface area contributed by atoms with Crippen LogP contribution in [0.25, 0.3) is 0 Å². The second kappa shape index (κ2) is 10.3. The van der Waals surface area contributed by atoms with E-state index >= 15 is 0 Å². The minimum atomic E-state index is -3.30. The molecule has 1 atom stereocenters. The van der Waals surface area contributed by atoms with E-state index in [1.807, 2.05) is 31.2 Å². The van der Waals surface area contributed by atoms with Crippen LogP contribution >= 0.6 is 15.9 Å². The number of benzene rings is 1. The summed E-state index contributed by atoms with van der Waals surface area (Å²) in [7, 11) is -1.72. The van der Waals surface area contributed by atoms with Crippen molar-refractivity contribution in [2.75, 3.05) is 32.7 Å². The average molecular weight is 394 g/mol. The second-order valence-corrected chi connectivity index (χ2v) is 7.90. The van der Waals surface area contributed by atoms with Gasteiger partial charge in [-0.3, -0.25) is 0 Å². The van der Waals surface area contributed by atoms with E-state index in [4.69, 9.17) is 9.47 Å². The molecular weight excluding hydrogens is 370 g/mol. The number of hydrogen-bond donors (Lipinski definition) is 1. The molecule has 0 aliphatic rings. The maximum Gasteiger partial charge on any atom is 0.214 e. The molecule has 0 radical (unpaired) electrons. The Hall–Kier alpha value is -0.470. The second-order valence-electron chi connectivity index (χ2n) is 5.11. The molecule has 1 aromatic carbocycles. The monoisotopic (exact) mass is 393 g/mol. The molecule has 0 saturated heterocycles. The van der Waals surface area contributed by atoms with Crippen molar-refractivity contribution in [2.45, 2.75) is 25.8 Å². The Morgan fingerprint density at radius 2 is 1.86 bits per heavy atom. The van der Waals surface area contributed by atoms with Gasteiger partial charge < -0.3 is 9.47 Å². The third kappa shape index (κ3) is 8.85. The molecule has 1 N–H and O–H groups in total. The highest BCUT2D eigenvalue weighted by Gasteiger charge is 2.14. The number of halogens is 1. The zero-order valence-electron chi connectivity index (χ0n) is 13.0. The van der Waals surface area contributed by atoms with Crippen LogP contribution in [0.4, 0.5) is 0 Å². The fraction of sp³-hybridized carbons (Fsp3) is 0.600. The lowest BCUT2D eigenvalue weighted by molar-refractivity contribution is 0.0784. The van der Waals surface area contributed by atoms with Gasteiger partial charge in [0.25, 0.3) is 0 Å². The Kier molecular flexibility index (Phi) is 9.19. The average Bonchev–Trinajstić information content (AvgIpc) is 2.46. The van der Waals surface area contributed by atoms with E-state index in [0.717, 1.165) is 17.3 Å². The first-order valence-electron chi connectivity index (χ1n) is 7.24. The Balaban J connectivity index is 2.27. The van der Waals surface area contributed by atoms with Gasteiger partial charge in [-0.25, -0.2) is 13.1 Å². The van der Waals surface area contributed by atoms with Crippen LogP contribution in [0.1, 0.15) is 18.9 Å². The third-order valence-electron chi connectivity index (χ3n) is 3.09. The van der Waals surface area contributed by atoms with Crippen LogP contribution in [0.2, 0.25) is 0 Å². The summed E-state index contributed by atoms with van der Waals surface area (Å²) in [5, 5.41) is 0. The van der Waals surface area contributed by atoms with Gasteiger partial charge in [-0.05, 0) is 37.5 Å². The molecule has 0 bridgehead atoms. The highest BCUT2D eigenvalue weighted by Crippen LogP contribution is 2.12. The molecule has 5 nitrogen and oxygen atoms in total. The van der Waals surface area contributed by atoms with Crippen molar-refractivity contribution < 1.29 is 17.9 Å². The number of hydrogen-bond acceptors (Lipinski definition) is 4. The van der Waals surface area contributed by atoms with Crippen molar-refractivity contribution in [1.82, 2.24) is 4.72 Å². The van der Waals surface area contributed by atoms with Gasteiger partial charge in [0, 0.05) is 17.6 Å². The van der Waals surface area contributed by atoms with Gasteiger partial charge in [0.15, 0.2) is 0 Å². The molecule has 0 amide bonds. The molecule has 0 aromatic heterocycles. The fourth-order valence-electron chi connectivity index (χ4n) is 1.87. The summed E-state index contributed by atoms with van der Waals surface area (Å²) in [5.41, 5.74) is 1.19. The van der Waals surface area contributed by atoms with E-state index in [0.29, 0.717) is 13.2 Å². The molecule has 0 aliphatic heterocycles. The van der Waals surface area contributed by atoms with Crippen molar-refractivity contribution >= 4 is 26.0 Å². The first kappa shape index (κ1) is 19.6. The van der Waals surface area contributed by atoms with Gasteiger partial charge in [-0.15, -0.1) is 0 Å². The highest BCUT2D eigenvalue weighted by molar-refractivity contribution is 9.10. The van der Waals surface area contributed by atoms with Gasteiger partial charge in [-0.1, -0.05) is 28.1 Å². The number of methoxy groups -OCH3 is 1. The van der Waals surface area contributed by atoms with Crippen molar-refractivity contribution in [3.05, 3.63) is 34.3 Å². The fourth-order valence-corrected chi connectivity index (χ4v) is 3.32. The van der Waals surface area contributed by atoms with Crippen molar-refractivity contribution in [1.29, 1.82) is 0 Å². The van der Waals surface area contributed by atoms with Gasteiger partial charge in [-0.2, -0.15) is 0 Å². The van der Waals surface area contributed by atoms with E-state index in [9.17, 15) is 8.42 Å². The molecule has 1 rings (SSSR count). The lowest BCUT2D eigenvalue weighted by Crippen LogP contribution is -2.36. The summed E-state index contributed by atoms with van der Waals surface area (Å²) in [4.78, 5) is 0. The zero-order chi connectivity index (χ0) is 16.4. The van der Waals surface area contributed by atoms with Gasteiger partial charge in [0.2, 0.25) is 10.0 Å². The van der Waals surface area contributed by atoms with Crippen LogP contribution in [-0.4, -0.2) is 47.1 Å². The van der Waals surface area contributed by atoms with Crippen molar-refractivity contribution in [2.24, 2.45) is 0 Å². The first-order chi connectivity index (χ1) is 10.4. The predicted molar refractivity (Wildman–Crippen MR) is 91.5 cm³/mol. The molecular formula is C15H24BrNO4S. The summed E-state index contributed by atoms with van der Waals surface area (Å²) >= 11 is 3.39. The number of aryl methyl sites for hydroxylation is 1. The van der Waals surface area contributed by atoms with Crippen LogP contribution in [0.15, 0.2) is 28.7 Å². The molecule has 1 unspecified atom stereocenters. The summed E-state index contributed by atoms with van der Waals surface area (Å²) in [6.07, 6.45) is 1.59. The predicted octanol–water partition coefficient (Wildman–Crippen LogP) is 2.35. The quantitative estimate of drug-likeness (QED) is 0.586. The molecule has 0 saturated carbocycles. The molecule has 0 fully saturated rings. The Morgan fingerprint density at radius 1 is 1.18 bits per heavy atom. The first-order valence-corrected chi connectivity index (χ1v) is 9.68. The summed E-state index contributed by atoms with van der Waals surface area (Å²) in [6.45, 7) is 2.93. The minimum Gasteiger partial charge on any atom is -0.382 e. The maximum atomic E-state index is 11.9. The van der Waals surface area contributed by atoms with E-state index in [-0.39, 0.29) is 18.4 Å². The maximum absolute atomic E-state index is 11.9. The third-order valence-corrected chi connectivity index (χ3v) is 5.08. The molecule has 0 spiro atoms. The number of sulfonamides is 1. The molecule has 1 aromatic rings. The topological polar surface area (TPSA) is 64.6 Å². The van der Waals surface area contributed by atoms with Gasteiger partial charge >= 0.3 is 0 Å². The minimum absolute atomic E-state index is 0.0284. The SMILES string of the molecule is COCCOCCS(=O)(=O)NC(C)CCc1ccc(Br)cc1. The Morgan fingerprint density at radius 3 is 2.50 bits per heavy atom. The largest absolute Gasteiger partial charge is 0.382 e. The van der Waals surface area contributed by atoms with Crippen molar-refractivity contribution in [3.63, 3.8) is 0 Å². The van der Waals surface area contributed by atoms with Crippen LogP contribution in [0.3, 0.4) is 0 Å². The summed E-state index contributed by atoms with van der Waals surface area (Å²) in [6, 6.07) is 7.94. The van der Waals surface area contributed by atoms with E-state index in [1.54, 1.807) is 7.11 Å². The summed E-state index contributed by atoms with van der Waals surface area (Å²) in [5.74, 6) is -0.0284. The van der Waals surface area contributed by atoms with Gasteiger partial charge in [0.05, 0.1) is 25.6 Å². The van der Waals surface area contributed by atoms with Crippen LogP contribution in [0.5, 0.6) is 0 Å². The lowest BCUT2D eigenvalue weighted by Gasteiger charge is -2.14.